The van der Waals surface area contributed by atoms with Gasteiger partial charge in [0.05, 0.1) is 4.90 Å². The van der Waals surface area contributed by atoms with Crippen LogP contribution in [0.1, 0.15) is 28.8 Å². The monoisotopic (exact) mass is 373 g/mol. The first-order chi connectivity index (χ1) is 12.4. The summed E-state index contributed by atoms with van der Waals surface area (Å²) < 4.78 is 27.8. The number of aryl methyl sites for hydroxylation is 1. The van der Waals surface area contributed by atoms with Gasteiger partial charge in [-0.25, -0.2) is 8.42 Å². The molecule has 138 valence electrons. The van der Waals surface area contributed by atoms with Gasteiger partial charge in [-0.2, -0.15) is 0 Å². The van der Waals surface area contributed by atoms with Crippen LogP contribution in [0, 0.1) is 6.92 Å². The van der Waals surface area contributed by atoms with E-state index in [9.17, 15) is 13.2 Å². The number of nitrogens with zero attached hydrogens (tertiary/aromatic N) is 1. The fourth-order valence-electron chi connectivity index (χ4n) is 3.18. The van der Waals surface area contributed by atoms with Crippen molar-refractivity contribution in [1.29, 1.82) is 0 Å². The molecular weight excluding hydrogens is 350 g/mol. The molecule has 2 aromatic rings. The third-order valence-corrected chi connectivity index (χ3v) is 5.95. The van der Waals surface area contributed by atoms with Crippen molar-refractivity contribution in [3.05, 3.63) is 53.6 Å². The van der Waals surface area contributed by atoms with Gasteiger partial charge in [0.2, 0.25) is 0 Å². The van der Waals surface area contributed by atoms with E-state index in [4.69, 9.17) is 0 Å². The van der Waals surface area contributed by atoms with E-state index in [1.807, 2.05) is 19.1 Å². The zero-order valence-electron chi connectivity index (χ0n) is 15.0. The van der Waals surface area contributed by atoms with Gasteiger partial charge in [-0.15, -0.1) is 0 Å². The highest BCUT2D eigenvalue weighted by Gasteiger charge is 2.17. The molecule has 2 N–H and O–H groups in total. The summed E-state index contributed by atoms with van der Waals surface area (Å²) in [6.07, 6.45) is 2.39. The predicted molar refractivity (Wildman–Crippen MR) is 103 cm³/mol. The van der Waals surface area contributed by atoms with Crippen molar-refractivity contribution in [2.24, 2.45) is 0 Å². The normalized spacial score (nSPS) is 14.3. The van der Waals surface area contributed by atoms with Gasteiger partial charge in [-0.3, -0.25) is 9.52 Å². The first-order valence-corrected chi connectivity index (χ1v) is 10.1. The molecule has 6 nitrogen and oxygen atoms in total. The second-order valence-corrected chi connectivity index (χ2v) is 8.09. The number of sulfonamides is 1. The molecule has 0 spiro atoms. The van der Waals surface area contributed by atoms with Crippen molar-refractivity contribution in [3.8, 4) is 0 Å². The lowest BCUT2D eigenvalue weighted by molar-refractivity contribution is 0.0963. The molecular formula is C19H23N3O3S. The zero-order chi connectivity index (χ0) is 18.7. The molecule has 1 heterocycles. The number of hydrogen-bond acceptors (Lipinski definition) is 4. The topological polar surface area (TPSA) is 78.5 Å². The summed E-state index contributed by atoms with van der Waals surface area (Å²) in [6, 6.07) is 11.5. The number of anilines is 2. The third-order valence-electron chi connectivity index (χ3n) is 4.55. The smallest absolute Gasteiger partial charge is 0.261 e. The standard InChI is InChI=1S/C19H23N3O3S/c1-14-13-16(7-10-18(14)22-11-3-4-12-22)21-26(24,25)17-8-5-15(6-9-17)19(23)20-2/h5-10,13,21H,3-4,11-12H2,1-2H3,(H,20,23). The Morgan fingerprint density at radius 3 is 2.27 bits per heavy atom. The predicted octanol–water partition coefficient (Wildman–Crippen LogP) is 2.76. The van der Waals surface area contributed by atoms with Crippen LogP contribution < -0.4 is 14.9 Å². The maximum absolute atomic E-state index is 12.6. The summed E-state index contributed by atoms with van der Waals surface area (Å²) in [6.45, 7) is 4.08. The Morgan fingerprint density at radius 1 is 1.04 bits per heavy atom. The van der Waals surface area contributed by atoms with Crippen molar-refractivity contribution in [1.82, 2.24) is 5.32 Å². The molecule has 0 unspecified atom stereocenters. The highest BCUT2D eigenvalue weighted by atomic mass is 32.2. The molecule has 2 aromatic carbocycles. The fourth-order valence-corrected chi connectivity index (χ4v) is 4.23. The van der Waals surface area contributed by atoms with Crippen LogP contribution in [0.2, 0.25) is 0 Å². The molecule has 0 atom stereocenters. The van der Waals surface area contributed by atoms with Gasteiger partial charge in [0.25, 0.3) is 15.9 Å². The van der Waals surface area contributed by atoms with Gasteiger partial charge >= 0.3 is 0 Å². The maximum Gasteiger partial charge on any atom is 0.261 e. The number of carbonyl (C=O) groups excluding carboxylic acids is 1. The molecule has 0 aromatic heterocycles. The van der Waals surface area contributed by atoms with Crippen LogP contribution >= 0.6 is 0 Å². The minimum Gasteiger partial charge on any atom is -0.371 e. The fraction of sp³-hybridized carbons (Fsp3) is 0.316. The Morgan fingerprint density at radius 2 is 1.69 bits per heavy atom. The quantitative estimate of drug-likeness (QED) is 0.845. The minimum absolute atomic E-state index is 0.117. The summed E-state index contributed by atoms with van der Waals surface area (Å²) in [5.74, 6) is -0.255. The Hall–Kier alpha value is -2.54. The van der Waals surface area contributed by atoms with Crippen molar-refractivity contribution in [3.63, 3.8) is 0 Å². The van der Waals surface area contributed by atoms with Gasteiger partial charge in [0.1, 0.15) is 0 Å². The lowest BCUT2D eigenvalue weighted by Gasteiger charge is -2.21. The number of amides is 1. The van der Waals surface area contributed by atoms with Gasteiger partial charge in [-0.05, 0) is 67.8 Å². The van der Waals surface area contributed by atoms with E-state index in [1.54, 1.807) is 6.07 Å². The Bertz CT molecular complexity index is 902. The first-order valence-electron chi connectivity index (χ1n) is 8.61. The average Bonchev–Trinajstić information content (AvgIpc) is 3.15. The lowest BCUT2D eigenvalue weighted by atomic mass is 10.1. The van der Waals surface area contributed by atoms with Gasteiger partial charge in [0, 0.05) is 37.1 Å². The molecule has 1 fully saturated rings. The molecule has 1 saturated heterocycles. The Kier molecular flexibility index (Phi) is 5.18. The molecule has 0 saturated carbocycles. The number of nitrogens with one attached hydrogen (secondary N) is 2. The lowest BCUT2D eigenvalue weighted by Crippen LogP contribution is -2.19. The zero-order valence-corrected chi connectivity index (χ0v) is 15.8. The molecule has 0 radical (unpaired) electrons. The van der Waals surface area contributed by atoms with Crippen LogP contribution in [0.3, 0.4) is 0 Å². The molecule has 1 aliphatic rings. The molecule has 7 heteroatoms. The minimum atomic E-state index is -3.71. The van der Waals surface area contributed by atoms with Crippen LogP contribution in [0.15, 0.2) is 47.4 Å². The largest absolute Gasteiger partial charge is 0.371 e. The van der Waals surface area contributed by atoms with E-state index in [1.165, 1.54) is 44.2 Å². The van der Waals surface area contributed by atoms with Gasteiger partial charge < -0.3 is 10.2 Å². The van der Waals surface area contributed by atoms with Crippen LogP contribution in [-0.4, -0.2) is 34.5 Å². The molecule has 0 aliphatic carbocycles. The molecule has 1 aliphatic heterocycles. The second kappa shape index (κ2) is 7.37. The second-order valence-electron chi connectivity index (χ2n) is 6.40. The summed E-state index contributed by atoms with van der Waals surface area (Å²) in [5.41, 5.74) is 3.14. The van der Waals surface area contributed by atoms with E-state index >= 15 is 0 Å². The van der Waals surface area contributed by atoms with Crippen molar-refractivity contribution in [2.45, 2.75) is 24.7 Å². The SMILES string of the molecule is CNC(=O)c1ccc(S(=O)(=O)Nc2ccc(N3CCCC3)c(C)c2)cc1. The van der Waals surface area contributed by atoms with E-state index in [0.29, 0.717) is 11.3 Å². The average molecular weight is 373 g/mol. The maximum atomic E-state index is 12.6. The number of benzene rings is 2. The van der Waals surface area contributed by atoms with Crippen LogP contribution in [0.25, 0.3) is 0 Å². The summed E-state index contributed by atoms with van der Waals surface area (Å²) >= 11 is 0. The third kappa shape index (κ3) is 3.83. The molecule has 3 rings (SSSR count). The van der Waals surface area contributed by atoms with E-state index in [-0.39, 0.29) is 10.8 Å². The summed E-state index contributed by atoms with van der Waals surface area (Å²) in [7, 11) is -2.18. The number of hydrogen-bond donors (Lipinski definition) is 2. The van der Waals surface area contributed by atoms with Crippen molar-refractivity contribution in [2.75, 3.05) is 29.8 Å². The first kappa shape index (κ1) is 18.3. The number of carbonyl (C=O) groups is 1. The van der Waals surface area contributed by atoms with Gasteiger partial charge in [-0.1, -0.05) is 0 Å². The summed E-state index contributed by atoms with van der Waals surface area (Å²) in [4.78, 5) is 14.0. The van der Waals surface area contributed by atoms with Crippen molar-refractivity contribution < 1.29 is 13.2 Å². The van der Waals surface area contributed by atoms with Crippen molar-refractivity contribution >= 4 is 27.3 Å². The van der Waals surface area contributed by atoms with E-state index in [2.05, 4.69) is 14.9 Å². The van der Waals surface area contributed by atoms with E-state index in [0.717, 1.165) is 24.3 Å². The van der Waals surface area contributed by atoms with E-state index < -0.39 is 10.0 Å². The molecule has 0 bridgehead atoms. The van der Waals surface area contributed by atoms with Crippen LogP contribution in [0.5, 0.6) is 0 Å². The Balaban J connectivity index is 1.78. The molecule has 26 heavy (non-hydrogen) atoms. The highest BCUT2D eigenvalue weighted by molar-refractivity contribution is 7.92. The highest BCUT2D eigenvalue weighted by Crippen LogP contribution is 2.27. The van der Waals surface area contributed by atoms with Gasteiger partial charge in [0.15, 0.2) is 0 Å². The van der Waals surface area contributed by atoms with Crippen LogP contribution in [0.4, 0.5) is 11.4 Å². The molecule has 1 amide bonds. The summed E-state index contributed by atoms with van der Waals surface area (Å²) in [5, 5.41) is 2.51. The van der Waals surface area contributed by atoms with Crippen LogP contribution in [-0.2, 0) is 10.0 Å². The number of rotatable bonds is 5. The Labute approximate surface area is 154 Å².